The van der Waals surface area contributed by atoms with Gasteiger partial charge in [-0.1, -0.05) is 43.7 Å². The smallest absolute Gasteiger partial charge is 0.230 e. The van der Waals surface area contributed by atoms with E-state index in [0.29, 0.717) is 25.4 Å². The molecule has 2 aliphatic heterocycles. The molecule has 1 unspecified atom stereocenters. The van der Waals surface area contributed by atoms with Crippen LogP contribution < -0.4 is 0 Å². The molecule has 1 atom stereocenters. The number of piperidine rings is 1. The van der Waals surface area contributed by atoms with Crippen LogP contribution in [0.25, 0.3) is 0 Å². The number of benzene rings is 1. The molecule has 2 heterocycles. The van der Waals surface area contributed by atoms with Gasteiger partial charge in [0, 0.05) is 32.6 Å². The zero-order chi connectivity index (χ0) is 18.0. The standard InChI is InChI=1S/C21H30N2O2/c1-16(2)12-19(24)23-11-9-21(15-23)8-5-10-22(20(21)25)14-18-7-4-6-17(3)13-18/h4,6-7,13,16H,5,8-12,14-15H2,1-3H3. The lowest BCUT2D eigenvalue weighted by Crippen LogP contribution is -2.50. The molecule has 1 aromatic rings. The van der Waals surface area contributed by atoms with Gasteiger partial charge in [-0.3, -0.25) is 9.59 Å². The summed E-state index contributed by atoms with van der Waals surface area (Å²) in [4.78, 5) is 29.5. The maximum atomic E-state index is 13.2. The van der Waals surface area contributed by atoms with Crippen molar-refractivity contribution < 1.29 is 9.59 Å². The monoisotopic (exact) mass is 342 g/mol. The lowest BCUT2D eigenvalue weighted by Gasteiger charge is -2.39. The van der Waals surface area contributed by atoms with E-state index in [2.05, 4.69) is 45.0 Å². The van der Waals surface area contributed by atoms with Crippen molar-refractivity contribution in [1.82, 2.24) is 9.80 Å². The average molecular weight is 342 g/mol. The van der Waals surface area contributed by atoms with Crippen molar-refractivity contribution in [2.75, 3.05) is 19.6 Å². The summed E-state index contributed by atoms with van der Waals surface area (Å²) in [6.45, 7) is 9.07. The molecule has 136 valence electrons. The van der Waals surface area contributed by atoms with E-state index in [9.17, 15) is 9.59 Å². The summed E-state index contributed by atoms with van der Waals surface area (Å²) in [6, 6.07) is 8.38. The van der Waals surface area contributed by atoms with Crippen LogP contribution in [-0.2, 0) is 16.1 Å². The van der Waals surface area contributed by atoms with E-state index < -0.39 is 0 Å². The number of aryl methyl sites for hydroxylation is 1. The van der Waals surface area contributed by atoms with Gasteiger partial charge in [0.05, 0.1) is 5.41 Å². The fourth-order valence-corrected chi connectivity index (χ4v) is 4.28. The normalized spacial score (nSPS) is 23.8. The van der Waals surface area contributed by atoms with Gasteiger partial charge in [0.25, 0.3) is 0 Å². The fourth-order valence-electron chi connectivity index (χ4n) is 4.28. The number of rotatable bonds is 4. The molecule has 2 saturated heterocycles. The van der Waals surface area contributed by atoms with Crippen LogP contribution in [0, 0.1) is 18.3 Å². The molecule has 4 nitrogen and oxygen atoms in total. The fraction of sp³-hybridized carbons (Fsp3) is 0.619. The molecule has 3 rings (SSSR count). The SMILES string of the molecule is Cc1cccc(CN2CCCC3(CCN(C(=O)CC(C)C)C3)C2=O)c1. The molecule has 1 aromatic carbocycles. The maximum Gasteiger partial charge on any atom is 0.230 e. The van der Waals surface area contributed by atoms with E-state index in [0.717, 1.165) is 32.4 Å². The molecule has 4 heteroatoms. The second-order valence-electron chi connectivity index (χ2n) is 8.26. The second kappa shape index (κ2) is 7.19. The number of nitrogens with zero attached hydrogens (tertiary/aromatic N) is 2. The highest BCUT2D eigenvalue weighted by atomic mass is 16.2. The molecule has 0 saturated carbocycles. The second-order valence-corrected chi connectivity index (χ2v) is 8.26. The minimum Gasteiger partial charge on any atom is -0.342 e. The first-order valence-electron chi connectivity index (χ1n) is 9.52. The van der Waals surface area contributed by atoms with E-state index in [1.54, 1.807) is 0 Å². The Morgan fingerprint density at radius 2 is 2.04 bits per heavy atom. The molecular formula is C21H30N2O2. The topological polar surface area (TPSA) is 40.6 Å². The Morgan fingerprint density at radius 1 is 1.24 bits per heavy atom. The van der Waals surface area contributed by atoms with Crippen molar-refractivity contribution in [3.05, 3.63) is 35.4 Å². The zero-order valence-electron chi connectivity index (χ0n) is 15.8. The van der Waals surface area contributed by atoms with Crippen molar-refractivity contribution in [3.63, 3.8) is 0 Å². The van der Waals surface area contributed by atoms with Gasteiger partial charge in [-0.25, -0.2) is 0 Å². The molecular weight excluding hydrogens is 312 g/mol. The number of carbonyl (C=O) groups excluding carboxylic acids is 2. The van der Waals surface area contributed by atoms with Crippen molar-refractivity contribution in [2.24, 2.45) is 11.3 Å². The highest BCUT2D eigenvalue weighted by Crippen LogP contribution is 2.40. The summed E-state index contributed by atoms with van der Waals surface area (Å²) in [6.07, 6.45) is 3.35. The van der Waals surface area contributed by atoms with Crippen molar-refractivity contribution in [1.29, 1.82) is 0 Å². The Balaban J connectivity index is 1.69. The summed E-state index contributed by atoms with van der Waals surface area (Å²) < 4.78 is 0. The first-order chi connectivity index (χ1) is 11.9. The Kier molecular flexibility index (Phi) is 5.16. The number of hydrogen-bond donors (Lipinski definition) is 0. The first kappa shape index (κ1) is 18.0. The first-order valence-corrected chi connectivity index (χ1v) is 9.52. The van der Waals surface area contributed by atoms with E-state index in [1.807, 2.05) is 9.80 Å². The predicted octanol–water partition coefficient (Wildman–Crippen LogP) is 3.38. The Hall–Kier alpha value is -1.84. The number of hydrogen-bond acceptors (Lipinski definition) is 2. The van der Waals surface area contributed by atoms with Gasteiger partial charge in [0.15, 0.2) is 0 Å². The molecule has 25 heavy (non-hydrogen) atoms. The molecule has 2 amide bonds. The average Bonchev–Trinajstić information content (AvgIpc) is 2.97. The van der Waals surface area contributed by atoms with Crippen molar-refractivity contribution >= 4 is 11.8 Å². The zero-order valence-corrected chi connectivity index (χ0v) is 15.8. The highest BCUT2D eigenvalue weighted by molar-refractivity contribution is 5.86. The molecule has 0 N–H and O–H groups in total. The van der Waals surface area contributed by atoms with Gasteiger partial charge in [0.1, 0.15) is 0 Å². The Morgan fingerprint density at radius 3 is 2.76 bits per heavy atom. The summed E-state index contributed by atoms with van der Waals surface area (Å²) in [5, 5.41) is 0. The van der Waals surface area contributed by atoms with E-state index in [-0.39, 0.29) is 17.2 Å². The van der Waals surface area contributed by atoms with E-state index >= 15 is 0 Å². The van der Waals surface area contributed by atoms with Crippen LogP contribution in [0.15, 0.2) is 24.3 Å². The molecule has 0 radical (unpaired) electrons. The van der Waals surface area contributed by atoms with E-state index in [4.69, 9.17) is 0 Å². The third-order valence-corrected chi connectivity index (χ3v) is 5.57. The minimum atomic E-state index is -0.339. The van der Waals surface area contributed by atoms with Gasteiger partial charge >= 0.3 is 0 Å². The molecule has 0 aliphatic carbocycles. The van der Waals surface area contributed by atoms with Crippen LogP contribution in [0.3, 0.4) is 0 Å². The predicted molar refractivity (Wildman–Crippen MR) is 98.9 cm³/mol. The van der Waals surface area contributed by atoms with Gasteiger partial charge in [-0.2, -0.15) is 0 Å². The lowest BCUT2D eigenvalue weighted by atomic mass is 9.78. The summed E-state index contributed by atoms with van der Waals surface area (Å²) in [7, 11) is 0. The van der Waals surface area contributed by atoms with Crippen LogP contribution in [-0.4, -0.2) is 41.2 Å². The quantitative estimate of drug-likeness (QED) is 0.841. The van der Waals surface area contributed by atoms with Gasteiger partial charge in [0.2, 0.25) is 11.8 Å². The summed E-state index contributed by atoms with van der Waals surface area (Å²) in [5.74, 6) is 0.819. The maximum absolute atomic E-state index is 13.2. The Labute approximate surface area is 151 Å². The van der Waals surface area contributed by atoms with E-state index in [1.165, 1.54) is 11.1 Å². The van der Waals surface area contributed by atoms with Crippen LogP contribution in [0.2, 0.25) is 0 Å². The largest absolute Gasteiger partial charge is 0.342 e. The van der Waals surface area contributed by atoms with Crippen molar-refractivity contribution in [2.45, 2.75) is 53.0 Å². The minimum absolute atomic E-state index is 0.204. The molecule has 0 bridgehead atoms. The number of carbonyl (C=O) groups is 2. The lowest BCUT2D eigenvalue weighted by molar-refractivity contribution is -0.146. The summed E-state index contributed by atoms with van der Waals surface area (Å²) in [5.41, 5.74) is 2.08. The molecule has 2 fully saturated rings. The third kappa shape index (κ3) is 3.88. The van der Waals surface area contributed by atoms with Crippen LogP contribution in [0.5, 0.6) is 0 Å². The van der Waals surface area contributed by atoms with Crippen LogP contribution in [0.1, 0.15) is 50.7 Å². The number of likely N-dealkylation sites (tertiary alicyclic amines) is 2. The van der Waals surface area contributed by atoms with Gasteiger partial charge in [-0.05, 0) is 37.7 Å². The highest BCUT2D eigenvalue weighted by Gasteiger charge is 2.49. The van der Waals surface area contributed by atoms with Crippen molar-refractivity contribution in [3.8, 4) is 0 Å². The number of amides is 2. The van der Waals surface area contributed by atoms with Crippen LogP contribution in [0.4, 0.5) is 0 Å². The van der Waals surface area contributed by atoms with Gasteiger partial charge in [-0.15, -0.1) is 0 Å². The third-order valence-electron chi connectivity index (χ3n) is 5.57. The van der Waals surface area contributed by atoms with Crippen LogP contribution >= 0.6 is 0 Å². The summed E-state index contributed by atoms with van der Waals surface area (Å²) >= 11 is 0. The molecule has 1 spiro atoms. The van der Waals surface area contributed by atoms with Gasteiger partial charge < -0.3 is 9.80 Å². The molecule has 2 aliphatic rings. The molecule has 0 aromatic heterocycles. The Bertz CT molecular complexity index is 655.